The number of nitrogens with two attached hydrogens (primary N) is 1. The maximum atomic E-state index is 10.9. The second-order valence-electron chi connectivity index (χ2n) is 5.12. The molecule has 2 rings (SSSR count). The monoisotopic (exact) mass is 304 g/mol. The van der Waals surface area contributed by atoms with Gasteiger partial charge in [-0.2, -0.15) is 0 Å². The molecule has 2 aromatic carbocycles. The van der Waals surface area contributed by atoms with Gasteiger partial charge in [-0.25, -0.2) is 0 Å². The summed E-state index contributed by atoms with van der Waals surface area (Å²) in [5, 5.41) is 11.6. The fourth-order valence-electron chi connectivity index (χ4n) is 2.41. The molecule has 21 heavy (non-hydrogen) atoms. The van der Waals surface area contributed by atoms with E-state index in [1.165, 1.54) is 6.07 Å². The summed E-state index contributed by atoms with van der Waals surface area (Å²) in [7, 11) is 0. The highest BCUT2D eigenvalue weighted by Gasteiger charge is 2.15. The molecule has 0 saturated carbocycles. The summed E-state index contributed by atoms with van der Waals surface area (Å²) in [6.45, 7) is 1.76. The number of nitrogens with zero attached hydrogens (tertiary/aromatic N) is 1. The van der Waals surface area contributed by atoms with Crippen LogP contribution in [-0.4, -0.2) is 11.0 Å². The van der Waals surface area contributed by atoms with Gasteiger partial charge >= 0.3 is 0 Å². The first-order valence-corrected chi connectivity index (χ1v) is 7.08. The molecule has 0 spiro atoms. The van der Waals surface area contributed by atoms with Gasteiger partial charge in [0.2, 0.25) is 0 Å². The molecule has 0 fully saturated rings. The van der Waals surface area contributed by atoms with Crippen molar-refractivity contribution in [2.24, 2.45) is 5.73 Å². The first kappa shape index (κ1) is 15.5. The van der Waals surface area contributed by atoms with Crippen LogP contribution < -0.4 is 5.73 Å². The van der Waals surface area contributed by atoms with Crippen LogP contribution in [-0.2, 0) is 12.8 Å². The van der Waals surface area contributed by atoms with Gasteiger partial charge in [-0.05, 0) is 43.0 Å². The molecule has 110 valence electrons. The molecule has 0 aromatic heterocycles. The van der Waals surface area contributed by atoms with Crippen molar-refractivity contribution in [1.29, 1.82) is 0 Å². The Hall–Kier alpha value is -1.91. The van der Waals surface area contributed by atoms with Crippen molar-refractivity contribution >= 4 is 17.3 Å². The van der Waals surface area contributed by atoms with Gasteiger partial charge in [0.15, 0.2) is 0 Å². The Morgan fingerprint density at radius 1 is 1.24 bits per heavy atom. The third kappa shape index (κ3) is 4.03. The number of benzene rings is 2. The molecular formula is C16H17ClN2O2. The van der Waals surface area contributed by atoms with Crippen molar-refractivity contribution in [2.75, 3.05) is 0 Å². The van der Waals surface area contributed by atoms with Gasteiger partial charge in [0.1, 0.15) is 0 Å². The van der Waals surface area contributed by atoms with Gasteiger partial charge in [0.05, 0.1) is 4.92 Å². The molecule has 0 heterocycles. The first-order chi connectivity index (χ1) is 9.97. The molecule has 1 unspecified atom stereocenters. The van der Waals surface area contributed by atoms with E-state index in [1.54, 1.807) is 13.0 Å². The summed E-state index contributed by atoms with van der Waals surface area (Å²) in [5.74, 6) is 0. The van der Waals surface area contributed by atoms with Crippen molar-refractivity contribution < 1.29 is 4.92 Å². The summed E-state index contributed by atoms with van der Waals surface area (Å²) in [6.07, 6.45) is 1.28. The van der Waals surface area contributed by atoms with Gasteiger partial charge in [-0.3, -0.25) is 10.1 Å². The zero-order chi connectivity index (χ0) is 15.4. The van der Waals surface area contributed by atoms with Gasteiger partial charge in [-0.15, -0.1) is 0 Å². The van der Waals surface area contributed by atoms with E-state index < -0.39 is 0 Å². The summed E-state index contributed by atoms with van der Waals surface area (Å²) in [6, 6.07) is 12.6. The van der Waals surface area contributed by atoms with Gasteiger partial charge in [0, 0.05) is 22.7 Å². The van der Waals surface area contributed by atoms with Crippen LogP contribution in [0.2, 0.25) is 5.02 Å². The van der Waals surface area contributed by atoms with Crippen LogP contribution >= 0.6 is 11.6 Å². The molecule has 1 atom stereocenters. The van der Waals surface area contributed by atoms with Crippen molar-refractivity contribution in [2.45, 2.75) is 25.8 Å². The van der Waals surface area contributed by atoms with Crippen molar-refractivity contribution in [1.82, 2.24) is 0 Å². The number of hydrogen-bond acceptors (Lipinski definition) is 3. The lowest BCUT2D eigenvalue weighted by Gasteiger charge is -2.14. The third-order valence-corrected chi connectivity index (χ3v) is 3.72. The smallest absolute Gasteiger partial charge is 0.272 e. The van der Waals surface area contributed by atoms with E-state index in [2.05, 4.69) is 0 Å². The van der Waals surface area contributed by atoms with Gasteiger partial charge < -0.3 is 5.73 Å². The molecular weight excluding hydrogens is 288 g/mol. The maximum absolute atomic E-state index is 10.9. The van der Waals surface area contributed by atoms with Crippen molar-refractivity contribution in [3.8, 4) is 0 Å². The van der Waals surface area contributed by atoms with E-state index in [-0.39, 0.29) is 16.7 Å². The molecule has 0 aliphatic heterocycles. The minimum atomic E-state index is -0.360. The summed E-state index contributed by atoms with van der Waals surface area (Å²) >= 11 is 5.95. The van der Waals surface area contributed by atoms with E-state index in [4.69, 9.17) is 17.3 Å². The Balaban J connectivity index is 2.11. The Morgan fingerprint density at radius 3 is 2.62 bits per heavy atom. The van der Waals surface area contributed by atoms with Crippen LogP contribution in [0.25, 0.3) is 0 Å². The fourth-order valence-corrected chi connectivity index (χ4v) is 2.62. The Labute approximate surface area is 128 Å². The normalized spacial score (nSPS) is 12.1. The standard InChI is InChI=1S/C16H17ClN2O2/c1-11-13(5-3-7-16(11)19(20)21)10-15(18)9-12-4-2-6-14(17)8-12/h2-8,15H,9-10,18H2,1H3. The number of hydrogen-bond donors (Lipinski definition) is 1. The predicted molar refractivity (Wildman–Crippen MR) is 84.7 cm³/mol. The van der Waals surface area contributed by atoms with Crippen molar-refractivity contribution in [3.63, 3.8) is 0 Å². The fraction of sp³-hybridized carbons (Fsp3) is 0.250. The lowest BCUT2D eigenvalue weighted by molar-refractivity contribution is -0.385. The van der Waals surface area contributed by atoms with Crippen LogP contribution in [0.5, 0.6) is 0 Å². The topological polar surface area (TPSA) is 69.2 Å². The van der Waals surface area contributed by atoms with Gasteiger partial charge in [-0.1, -0.05) is 35.9 Å². The highest BCUT2D eigenvalue weighted by molar-refractivity contribution is 6.30. The van der Waals surface area contributed by atoms with E-state index in [9.17, 15) is 10.1 Å². The summed E-state index contributed by atoms with van der Waals surface area (Å²) < 4.78 is 0. The van der Waals surface area contributed by atoms with E-state index >= 15 is 0 Å². The molecule has 0 bridgehead atoms. The molecule has 0 amide bonds. The Kier molecular flexibility index (Phi) is 4.94. The van der Waals surface area contributed by atoms with Crippen LogP contribution in [0.4, 0.5) is 5.69 Å². The third-order valence-electron chi connectivity index (χ3n) is 3.48. The van der Waals surface area contributed by atoms with E-state index in [0.29, 0.717) is 23.4 Å². The molecule has 2 aromatic rings. The summed E-state index contributed by atoms with van der Waals surface area (Å²) in [4.78, 5) is 10.6. The minimum Gasteiger partial charge on any atom is -0.327 e. The lowest BCUT2D eigenvalue weighted by atomic mass is 9.96. The summed E-state index contributed by atoms with van der Waals surface area (Å²) in [5.41, 5.74) is 8.98. The average molecular weight is 305 g/mol. The molecule has 0 aliphatic rings. The van der Waals surface area contributed by atoms with E-state index in [0.717, 1.165) is 11.1 Å². The lowest BCUT2D eigenvalue weighted by Crippen LogP contribution is -2.26. The van der Waals surface area contributed by atoms with Gasteiger partial charge in [0.25, 0.3) is 5.69 Å². The highest BCUT2D eigenvalue weighted by atomic mass is 35.5. The van der Waals surface area contributed by atoms with E-state index in [1.807, 2.05) is 30.3 Å². The number of halogens is 1. The molecule has 4 nitrogen and oxygen atoms in total. The first-order valence-electron chi connectivity index (χ1n) is 6.70. The van der Waals surface area contributed by atoms with Crippen LogP contribution in [0.1, 0.15) is 16.7 Å². The van der Waals surface area contributed by atoms with Crippen LogP contribution in [0, 0.1) is 17.0 Å². The molecule has 5 heteroatoms. The molecule has 0 saturated heterocycles. The molecule has 2 N–H and O–H groups in total. The second-order valence-corrected chi connectivity index (χ2v) is 5.55. The SMILES string of the molecule is Cc1c(CC(N)Cc2cccc(Cl)c2)cccc1[N+](=O)[O-]. The zero-order valence-corrected chi connectivity index (χ0v) is 12.5. The second kappa shape index (κ2) is 6.70. The zero-order valence-electron chi connectivity index (χ0n) is 11.8. The number of nitro groups is 1. The highest BCUT2D eigenvalue weighted by Crippen LogP contribution is 2.22. The minimum absolute atomic E-state index is 0.107. The largest absolute Gasteiger partial charge is 0.327 e. The Bertz CT molecular complexity index is 658. The average Bonchev–Trinajstić information content (AvgIpc) is 2.40. The van der Waals surface area contributed by atoms with Crippen LogP contribution in [0.3, 0.4) is 0 Å². The molecule has 0 aliphatic carbocycles. The number of nitro benzene ring substituents is 1. The van der Waals surface area contributed by atoms with Crippen LogP contribution in [0.15, 0.2) is 42.5 Å². The molecule has 0 radical (unpaired) electrons. The quantitative estimate of drug-likeness (QED) is 0.677. The number of rotatable bonds is 5. The predicted octanol–water partition coefficient (Wildman–Crippen LogP) is 3.67. The maximum Gasteiger partial charge on any atom is 0.272 e. The Morgan fingerprint density at radius 2 is 1.95 bits per heavy atom. The van der Waals surface area contributed by atoms with Crippen molar-refractivity contribution in [3.05, 3.63) is 74.3 Å².